The first-order valence-electron chi connectivity index (χ1n) is 13.6. The standard InChI is InChI=1S/C31H37FN4O6S/c1-20(23-11-13-26(32)14-12-23)34-29(37)24-16-25(18-28(17-24)36(3)43(5,40)41)30(38)35-27(15-22-9-7-6-8-10-22)19-33-21(2)31(39)42-4/h6-14,16-18,20-21,27,33H,15,19H2,1-5H3,(H,34,37)(H,35,38)/t20-,21+,27+/m1/s1. The third kappa shape index (κ3) is 9.62. The summed E-state index contributed by atoms with van der Waals surface area (Å²) in [5.74, 6) is -1.95. The molecular weight excluding hydrogens is 575 g/mol. The monoisotopic (exact) mass is 612 g/mol. The second kappa shape index (κ2) is 14.7. The van der Waals surface area contributed by atoms with Crippen molar-refractivity contribution in [3.63, 3.8) is 0 Å². The number of amides is 2. The van der Waals surface area contributed by atoms with E-state index >= 15 is 0 Å². The maximum Gasteiger partial charge on any atom is 0.322 e. The predicted octanol–water partition coefficient (Wildman–Crippen LogP) is 3.20. The molecule has 230 valence electrons. The first kappa shape index (κ1) is 33.2. The summed E-state index contributed by atoms with van der Waals surface area (Å²) in [5.41, 5.74) is 1.85. The molecule has 3 atom stereocenters. The van der Waals surface area contributed by atoms with Gasteiger partial charge in [0.25, 0.3) is 11.8 Å². The zero-order valence-corrected chi connectivity index (χ0v) is 25.6. The molecule has 0 saturated heterocycles. The number of ether oxygens (including phenoxy) is 1. The highest BCUT2D eigenvalue weighted by Crippen LogP contribution is 2.22. The maximum atomic E-state index is 13.6. The number of hydrogen-bond acceptors (Lipinski definition) is 7. The molecule has 3 N–H and O–H groups in total. The van der Waals surface area contributed by atoms with Gasteiger partial charge in [-0.1, -0.05) is 42.5 Å². The minimum Gasteiger partial charge on any atom is -0.468 e. The van der Waals surface area contributed by atoms with Crippen molar-refractivity contribution < 1.29 is 31.9 Å². The molecule has 0 fully saturated rings. The van der Waals surface area contributed by atoms with Crippen LogP contribution in [0.3, 0.4) is 0 Å². The number of sulfonamides is 1. The van der Waals surface area contributed by atoms with E-state index in [4.69, 9.17) is 4.74 Å². The summed E-state index contributed by atoms with van der Waals surface area (Å²) in [6.45, 7) is 3.60. The molecule has 0 saturated carbocycles. The molecule has 43 heavy (non-hydrogen) atoms. The van der Waals surface area contributed by atoms with E-state index in [1.54, 1.807) is 26.0 Å². The van der Waals surface area contributed by atoms with Crippen LogP contribution in [0.2, 0.25) is 0 Å². The van der Waals surface area contributed by atoms with Gasteiger partial charge in [-0.3, -0.25) is 18.7 Å². The molecule has 0 unspecified atom stereocenters. The van der Waals surface area contributed by atoms with E-state index in [0.29, 0.717) is 12.0 Å². The third-order valence-electron chi connectivity index (χ3n) is 6.91. The number of esters is 1. The second-order valence-electron chi connectivity index (χ2n) is 10.3. The maximum absolute atomic E-state index is 13.6. The van der Waals surface area contributed by atoms with E-state index in [1.165, 1.54) is 44.5 Å². The van der Waals surface area contributed by atoms with E-state index in [0.717, 1.165) is 16.1 Å². The summed E-state index contributed by atoms with van der Waals surface area (Å²) >= 11 is 0. The molecule has 0 heterocycles. The Balaban J connectivity index is 1.91. The fourth-order valence-electron chi connectivity index (χ4n) is 4.28. The summed E-state index contributed by atoms with van der Waals surface area (Å²) in [4.78, 5) is 38.8. The van der Waals surface area contributed by atoms with Crippen molar-refractivity contribution in [2.24, 2.45) is 0 Å². The summed E-state index contributed by atoms with van der Waals surface area (Å²) in [7, 11) is -1.11. The van der Waals surface area contributed by atoms with Gasteiger partial charge in [0.2, 0.25) is 10.0 Å². The summed E-state index contributed by atoms with van der Waals surface area (Å²) in [6.07, 6.45) is 1.44. The number of nitrogens with one attached hydrogen (secondary N) is 3. The molecule has 0 aliphatic rings. The molecule has 0 spiro atoms. The molecule has 0 aromatic heterocycles. The van der Waals surface area contributed by atoms with Crippen LogP contribution in [0.15, 0.2) is 72.8 Å². The Hall–Kier alpha value is -4.29. The minimum atomic E-state index is -3.72. The van der Waals surface area contributed by atoms with Crippen molar-refractivity contribution in [2.45, 2.75) is 38.4 Å². The molecule has 2 amide bonds. The lowest BCUT2D eigenvalue weighted by atomic mass is 10.0. The lowest BCUT2D eigenvalue weighted by Gasteiger charge is -2.23. The van der Waals surface area contributed by atoms with Crippen LogP contribution < -0.4 is 20.3 Å². The van der Waals surface area contributed by atoms with Crippen LogP contribution in [0.25, 0.3) is 0 Å². The van der Waals surface area contributed by atoms with Crippen molar-refractivity contribution in [3.05, 3.63) is 101 Å². The minimum absolute atomic E-state index is 0.0594. The highest BCUT2D eigenvalue weighted by Gasteiger charge is 2.22. The zero-order chi connectivity index (χ0) is 31.7. The van der Waals surface area contributed by atoms with Gasteiger partial charge in [0.1, 0.15) is 11.9 Å². The van der Waals surface area contributed by atoms with Gasteiger partial charge in [0.15, 0.2) is 0 Å². The molecule has 3 rings (SSSR count). The molecule has 0 bridgehead atoms. The zero-order valence-electron chi connectivity index (χ0n) is 24.8. The number of carbonyl (C=O) groups excluding carboxylic acids is 3. The van der Waals surface area contributed by atoms with Gasteiger partial charge >= 0.3 is 5.97 Å². The SMILES string of the molecule is COC(=O)[C@H](C)NC[C@H](Cc1ccccc1)NC(=O)c1cc(C(=O)N[C@H](C)c2ccc(F)cc2)cc(N(C)S(C)(=O)=O)c1. The Bertz CT molecular complexity index is 1530. The summed E-state index contributed by atoms with van der Waals surface area (Å²) in [5, 5.41) is 8.82. The predicted molar refractivity (Wildman–Crippen MR) is 163 cm³/mol. The molecule has 12 heteroatoms. The van der Waals surface area contributed by atoms with E-state index in [-0.39, 0.29) is 23.4 Å². The van der Waals surface area contributed by atoms with Crippen LogP contribution in [0.5, 0.6) is 0 Å². The summed E-state index contributed by atoms with van der Waals surface area (Å²) in [6, 6.07) is 17.7. The number of anilines is 1. The first-order chi connectivity index (χ1) is 20.3. The van der Waals surface area contributed by atoms with Crippen LogP contribution in [-0.4, -0.2) is 65.2 Å². The Labute approximate surface area is 251 Å². The van der Waals surface area contributed by atoms with Crippen LogP contribution in [-0.2, 0) is 26.0 Å². The molecule has 10 nitrogen and oxygen atoms in total. The Morgan fingerprint density at radius 1 is 0.907 bits per heavy atom. The number of carbonyl (C=O) groups is 3. The highest BCUT2D eigenvalue weighted by molar-refractivity contribution is 7.92. The van der Waals surface area contributed by atoms with E-state index in [2.05, 4.69) is 16.0 Å². The fraction of sp³-hybridized carbons (Fsp3) is 0.323. The average Bonchev–Trinajstić information content (AvgIpc) is 2.98. The molecule has 0 aliphatic carbocycles. The van der Waals surface area contributed by atoms with E-state index in [1.807, 2.05) is 30.3 Å². The number of nitrogens with zero attached hydrogens (tertiary/aromatic N) is 1. The number of hydrogen-bond donors (Lipinski definition) is 3. The Kier molecular flexibility index (Phi) is 11.4. The molecule has 0 radical (unpaired) electrons. The normalized spacial score (nSPS) is 13.3. The topological polar surface area (TPSA) is 134 Å². The smallest absolute Gasteiger partial charge is 0.322 e. The number of rotatable bonds is 13. The Morgan fingerprint density at radius 2 is 1.49 bits per heavy atom. The van der Waals surface area contributed by atoms with Gasteiger partial charge in [-0.15, -0.1) is 0 Å². The van der Waals surface area contributed by atoms with Crippen LogP contribution in [0, 0.1) is 5.82 Å². The van der Waals surface area contributed by atoms with Crippen molar-refractivity contribution in [1.82, 2.24) is 16.0 Å². The van der Waals surface area contributed by atoms with Crippen LogP contribution in [0.1, 0.15) is 51.7 Å². The van der Waals surface area contributed by atoms with Crippen LogP contribution >= 0.6 is 0 Å². The average molecular weight is 613 g/mol. The number of benzene rings is 3. The Morgan fingerprint density at radius 3 is 2.05 bits per heavy atom. The van der Waals surface area contributed by atoms with Gasteiger partial charge in [-0.2, -0.15) is 0 Å². The van der Waals surface area contributed by atoms with Gasteiger partial charge in [0, 0.05) is 30.8 Å². The largest absolute Gasteiger partial charge is 0.468 e. The van der Waals surface area contributed by atoms with Gasteiger partial charge < -0.3 is 20.7 Å². The fourth-order valence-corrected chi connectivity index (χ4v) is 4.77. The van der Waals surface area contributed by atoms with Crippen molar-refractivity contribution in [1.29, 1.82) is 0 Å². The third-order valence-corrected chi connectivity index (χ3v) is 8.11. The lowest BCUT2D eigenvalue weighted by molar-refractivity contribution is -0.142. The molecule has 3 aromatic carbocycles. The molecular formula is C31H37FN4O6S. The quantitative estimate of drug-likeness (QED) is 0.253. The lowest BCUT2D eigenvalue weighted by Crippen LogP contribution is -2.47. The molecule has 3 aromatic rings. The second-order valence-corrected chi connectivity index (χ2v) is 12.3. The summed E-state index contributed by atoms with van der Waals surface area (Å²) < 4.78 is 43.8. The van der Waals surface area contributed by atoms with Gasteiger partial charge in [0.05, 0.1) is 25.1 Å². The number of halogens is 1. The molecule has 0 aliphatic heterocycles. The first-order valence-corrected chi connectivity index (χ1v) is 15.4. The van der Waals surface area contributed by atoms with Crippen molar-refractivity contribution >= 4 is 33.5 Å². The number of methoxy groups -OCH3 is 1. The van der Waals surface area contributed by atoms with Crippen molar-refractivity contribution in [2.75, 3.05) is 31.3 Å². The van der Waals surface area contributed by atoms with Gasteiger partial charge in [-0.25, -0.2) is 12.8 Å². The van der Waals surface area contributed by atoms with E-state index in [9.17, 15) is 27.2 Å². The van der Waals surface area contributed by atoms with Crippen LogP contribution in [0.4, 0.5) is 10.1 Å². The van der Waals surface area contributed by atoms with Crippen molar-refractivity contribution in [3.8, 4) is 0 Å². The van der Waals surface area contributed by atoms with E-state index < -0.39 is 51.7 Å². The van der Waals surface area contributed by atoms with Gasteiger partial charge in [-0.05, 0) is 61.7 Å². The highest BCUT2D eigenvalue weighted by atomic mass is 32.2.